The fraction of sp³-hybridized carbons (Fsp3) is 0.950. The Hall–Kier alpha value is -1.59. The van der Waals surface area contributed by atoms with Crippen LogP contribution < -0.4 is 0 Å². The Morgan fingerprint density at radius 3 is 0.742 bits per heavy atom. The molecule has 6 nitrogen and oxygen atoms in total. The van der Waals surface area contributed by atoms with Gasteiger partial charge in [-0.15, -0.1) is 0 Å². The van der Waals surface area contributed by atoms with Crippen LogP contribution in [0.5, 0.6) is 0 Å². The van der Waals surface area contributed by atoms with E-state index in [9.17, 15) is 14.4 Å². The number of rotatable bonds is 54. The van der Waals surface area contributed by atoms with E-state index in [4.69, 9.17) is 14.2 Å². The molecule has 0 aromatic rings. The molecule has 0 heterocycles. The minimum absolute atomic E-state index is 0.0625. The molecular formula is C60H116O6. The van der Waals surface area contributed by atoms with Gasteiger partial charge in [0.2, 0.25) is 0 Å². The second kappa shape index (κ2) is 52.8. The minimum Gasteiger partial charge on any atom is -0.462 e. The highest BCUT2D eigenvalue weighted by Crippen LogP contribution is 2.18. The highest BCUT2D eigenvalue weighted by molar-refractivity contribution is 5.71. The maximum absolute atomic E-state index is 12.8. The van der Waals surface area contributed by atoms with E-state index in [0.717, 1.165) is 69.6 Å². The summed E-state index contributed by atoms with van der Waals surface area (Å²) in [7, 11) is 0. The van der Waals surface area contributed by atoms with Crippen molar-refractivity contribution >= 4 is 17.9 Å². The molecule has 0 aromatic heterocycles. The lowest BCUT2D eigenvalue weighted by molar-refractivity contribution is -0.167. The first-order valence-electron chi connectivity index (χ1n) is 29.7. The number of ether oxygens (including phenoxy) is 3. The fourth-order valence-corrected chi connectivity index (χ4v) is 9.23. The minimum atomic E-state index is -0.762. The van der Waals surface area contributed by atoms with Crippen LogP contribution in [0.2, 0.25) is 0 Å². The molecule has 392 valence electrons. The molecule has 0 amide bonds. The van der Waals surface area contributed by atoms with Crippen molar-refractivity contribution in [3.8, 4) is 0 Å². The molecule has 6 heteroatoms. The van der Waals surface area contributed by atoms with Gasteiger partial charge in [0, 0.05) is 19.3 Å². The first kappa shape index (κ1) is 64.4. The van der Waals surface area contributed by atoms with E-state index in [-0.39, 0.29) is 31.1 Å². The van der Waals surface area contributed by atoms with Gasteiger partial charge in [-0.1, -0.05) is 298 Å². The van der Waals surface area contributed by atoms with Crippen LogP contribution in [0.15, 0.2) is 0 Å². The van der Waals surface area contributed by atoms with E-state index in [1.807, 2.05) is 0 Å². The number of carbonyl (C=O) groups excluding carboxylic acids is 3. The number of hydrogen-bond donors (Lipinski definition) is 0. The lowest BCUT2D eigenvalue weighted by Gasteiger charge is -2.18. The summed E-state index contributed by atoms with van der Waals surface area (Å²) >= 11 is 0. The predicted octanol–water partition coefficient (Wildman–Crippen LogP) is 19.7. The molecule has 0 saturated carbocycles. The van der Waals surface area contributed by atoms with E-state index in [1.165, 1.54) is 225 Å². The zero-order valence-electron chi connectivity index (χ0n) is 45.3. The van der Waals surface area contributed by atoms with Gasteiger partial charge in [-0.05, 0) is 31.1 Å². The zero-order valence-corrected chi connectivity index (χ0v) is 45.3. The largest absolute Gasteiger partial charge is 0.462 e. The van der Waals surface area contributed by atoms with Crippen molar-refractivity contribution in [3.63, 3.8) is 0 Å². The molecule has 0 bridgehead atoms. The van der Waals surface area contributed by atoms with Gasteiger partial charge >= 0.3 is 17.9 Å². The van der Waals surface area contributed by atoms with Crippen molar-refractivity contribution in [2.75, 3.05) is 13.2 Å². The second-order valence-corrected chi connectivity index (χ2v) is 21.6. The summed E-state index contributed by atoms with van der Waals surface area (Å²) < 4.78 is 16.9. The van der Waals surface area contributed by atoms with Crippen molar-refractivity contribution in [1.29, 1.82) is 0 Å². The predicted molar refractivity (Wildman–Crippen MR) is 284 cm³/mol. The highest BCUT2D eigenvalue weighted by Gasteiger charge is 2.19. The van der Waals surface area contributed by atoms with E-state index >= 15 is 0 Å². The Labute approximate surface area is 412 Å². The molecular weight excluding hydrogens is 817 g/mol. The molecule has 1 atom stereocenters. The average molecular weight is 934 g/mol. The number of hydrogen-bond acceptors (Lipinski definition) is 6. The van der Waals surface area contributed by atoms with Crippen molar-refractivity contribution in [1.82, 2.24) is 0 Å². The molecule has 66 heavy (non-hydrogen) atoms. The first-order valence-corrected chi connectivity index (χ1v) is 29.7. The Morgan fingerprint density at radius 2 is 0.500 bits per heavy atom. The van der Waals surface area contributed by atoms with E-state index in [1.54, 1.807) is 0 Å². The van der Waals surface area contributed by atoms with Crippen LogP contribution in [0.1, 0.15) is 336 Å². The monoisotopic (exact) mass is 933 g/mol. The van der Waals surface area contributed by atoms with Gasteiger partial charge in [-0.2, -0.15) is 0 Å². The Balaban J connectivity index is 4.18. The molecule has 0 aromatic carbocycles. The zero-order chi connectivity index (χ0) is 48.2. The maximum atomic E-state index is 12.8. The summed E-state index contributed by atoms with van der Waals surface area (Å²) in [4.78, 5) is 38.1. The summed E-state index contributed by atoms with van der Waals surface area (Å²) in [6.07, 6.45) is 56.8. The lowest BCUT2D eigenvalue weighted by atomic mass is 10.0. The molecule has 0 aliphatic heterocycles. The number of carbonyl (C=O) groups is 3. The lowest BCUT2D eigenvalue weighted by Crippen LogP contribution is -2.30. The van der Waals surface area contributed by atoms with Gasteiger partial charge in [0.15, 0.2) is 6.10 Å². The topological polar surface area (TPSA) is 78.9 Å². The molecule has 0 fully saturated rings. The molecule has 0 saturated heterocycles. The smallest absolute Gasteiger partial charge is 0.306 e. The highest BCUT2D eigenvalue weighted by atomic mass is 16.6. The third-order valence-electron chi connectivity index (χ3n) is 13.7. The van der Waals surface area contributed by atoms with E-state index in [0.29, 0.717) is 19.3 Å². The van der Waals surface area contributed by atoms with Gasteiger partial charge < -0.3 is 14.2 Å². The van der Waals surface area contributed by atoms with Gasteiger partial charge in [-0.25, -0.2) is 0 Å². The summed E-state index contributed by atoms with van der Waals surface area (Å²) in [6, 6.07) is 0. The van der Waals surface area contributed by atoms with Gasteiger partial charge in [-0.3, -0.25) is 14.4 Å². The average Bonchev–Trinajstić information content (AvgIpc) is 3.29. The summed E-state index contributed by atoms with van der Waals surface area (Å²) in [5, 5.41) is 0. The van der Waals surface area contributed by atoms with Gasteiger partial charge in [0.05, 0.1) is 0 Å². The van der Waals surface area contributed by atoms with Crippen molar-refractivity contribution in [3.05, 3.63) is 0 Å². The SMILES string of the molecule is CCCCCCCCCCCC(=O)OC[C@@H](COC(=O)CCCCCCCCCCCCCCCCCCCCC(C)C)OC(=O)CCCCCCCCCCCCCCCCCC(C)C. The van der Waals surface area contributed by atoms with Gasteiger partial charge in [0.1, 0.15) is 13.2 Å². The quantitative estimate of drug-likeness (QED) is 0.0343. The summed E-state index contributed by atoms with van der Waals surface area (Å²) in [6.45, 7) is 11.4. The summed E-state index contributed by atoms with van der Waals surface area (Å²) in [5.74, 6) is 0.867. The molecule has 0 rings (SSSR count). The molecule has 0 unspecified atom stereocenters. The molecule has 0 spiro atoms. The third kappa shape index (κ3) is 53.4. The van der Waals surface area contributed by atoms with Crippen LogP contribution in [-0.4, -0.2) is 37.2 Å². The first-order chi connectivity index (χ1) is 32.2. The molecule has 0 radical (unpaired) electrons. The Kier molecular flexibility index (Phi) is 51.5. The van der Waals surface area contributed by atoms with Crippen molar-refractivity contribution in [2.24, 2.45) is 11.8 Å². The molecule has 0 aliphatic carbocycles. The summed E-state index contributed by atoms with van der Waals surface area (Å²) in [5.41, 5.74) is 0. The van der Waals surface area contributed by atoms with Crippen LogP contribution >= 0.6 is 0 Å². The van der Waals surface area contributed by atoms with Crippen molar-refractivity contribution in [2.45, 2.75) is 343 Å². The van der Waals surface area contributed by atoms with E-state index < -0.39 is 6.10 Å². The Morgan fingerprint density at radius 1 is 0.288 bits per heavy atom. The Bertz CT molecular complexity index is 1010. The third-order valence-corrected chi connectivity index (χ3v) is 13.7. The van der Waals surface area contributed by atoms with Crippen LogP contribution in [0.4, 0.5) is 0 Å². The van der Waals surface area contributed by atoms with Crippen LogP contribution in [0.25, 0.3) is 0 Å². The van der Waals surface area contributed by atoms with Crippen LogP contribution in [0.3, 0.4) is 0 Å². The normalized spacial score (nSPS) is 12.0. The van der Waals surface area contributed by atoms with E-state index in [2.05, 4.69) is 34.6 Å². The van der Waals surface area contributed by atoms with Crippen molar-refractivity contribution < 1.29 is 28.6 Å². The fourth-order valence-electron chi connectivity index (χ4n) is 9.23. The standard InChI is InChI=1S/C60H116O6/c1-6-7-8-9-10-28-35-40-45-50-58(61)64-53-57(66-60(63)52-47-42-37-32-27-23-19-15-17-21-25-30-34-39-44-49-56(4)5)54-65-59(62)51-46-41-36-31-26-22-18-14-12-11-13-16-20-24-29-33-38-43-48-55(2)3/h55-57H,6-54H2,1-5H3/t57-/m0/s1. The van der Waals surface area contributed by atoms with Gasteiger partial charge in [0.25, 0.3) is 0 Å². The maximum Gasteiger partial charge on any atom is 0.306 e. The molecule has 0 aliphatic rings. The molecule has 0 N–H and O–H groups in total. The van der Waals surface area contributed by atoms with Crippen LogP contribution in [-0.2, 0) is 28.6 Å². The second-order valence-electron chi connectivity index (χ2n) is 21.6. The van der Waals surface area contributed by atoms with Crippen LogP contribution in [0, 0.1) is 11.8 Å². The number of esters is 3. The number of unbranched alkanes of at least 4 members (excludes halogenated alkanes) is 39.